The second-order valence-corrected chi connectivity index (χ2v) is 5.24. The van der Waals surface area contributed by atoms with Gasteiger partial charge in [-0.25, -0.2) is 4.98 Å². The van der Waals surface area contributed by atoms with Crippen LogP contribution in [-0.2, 0) is 0 Å². The first-order valence-electron chi connectivity index (χ1n) is 7.25. The Morgan fingerprint density at radius 3 is 2.61 bits per heavy atom. The largest absolute Gasteiger partial charge is 0.508 e. The lowest BCUT2D eigenvalue weighted by Crippen LogP contribution is -1.79. The van der Waals surface area contributed by atoms with Crippen LogP contribution in [0.25, 0.3) is 34.7 Å². The monoisotopic (exact) mass is 302 g/mol. The van der Waals surface area contributed by atoms with Gasteiger partial charge in [-0.2, -0.15) is 5.10 Å². The van der Waals surface area contributed by atoms with E-state index in [1.54, 1.807) is 12.1 Å². The van der Waals surface area contributed by atoms with Gasteiger partial charge < -0.3 is 10.1 Å². The topological polar surface area (TPSA) is 77.6 Å². The first-order chi connectivity index (χ1) is 11.3. The number of para-hydroxylation sites is 2. The van der Waals surface area contributed by atoms with Gasteiger partial charge in [0.15, 0.2) is 5.82 Å². The third kappa shape index (κ3) is 2.72. The maximum Gasteiger partial charge on any atom is 0.159 e. The van der Waals surface area contributed by atoms with E-state index < -0.39 is 0 Å². The minimum absolute atomic E-state index is 0.260. The van der Waals surface area contributed by atoms with E-state index in [4.69, 9.17) is 0 Å². The molecule has 4 rings (SSSR count). The molecule has 0 aliphatic heterocycles. The molecule has 3 N–H and O–H groups in total. The maximum atomic E-state index is 9.28. The summed E-state index contributed by atoms with van der Waals surface area (Å²) in [6.45, 7) is 0. The van der Waals surface area contributed by atoms with Gasteiger partial charge in [-0.1, -0.05) is 30.3 Å². The molecular weight excluding hydrogens is 288 g/mol. The van der Waals surface area contributed by atoms with Crippen LogP contribution in [0, 0.1) is 0 Å². The predicted molar refractivity (Wildman–Crippen MR) is 90.7 cm³/mol. The van der Waals surface area contributed by atoms with Crippen molar-refractivity contribution in [3.63, 3.8) is 0 Å². The molecule has 4 aromatic rings. The number of aromatic amines is 2. The van der Waals surface area contributed by atoms with E-state index in [-0.39, 0.29) is 5.75 Å². The molecule has 0 aliphatic carbocycles. The third-order valence-electron chi connectivity index (χ3n) is 3.58. The molecule has 0 unspecified atom stereocenters. The molecule has 5 heteroatoms. The van der Waals surface area contributed by atoms with Crippen molar-refractivity contribution in [1.82, 2.24) is 20.2 Å². The molecule has 2 heterocycles. The van der Waals surface area contributed by atoms with Crippen molar-refractivity contribution < 1.29 is 5.11 Å². The highest BCUT2D eigenvalue weighted by Crippen LogP contribution is 2.20. The van der Waals surface area contributed by atoms with Gasteiger partial charge >= 0.3 is 0 Å². The fraction of sp³-hybridized carbons (Fsp3) is 0. The number of phenolic OH excluding ortho intramolecular Hbond substituents is 1. The summed E-state index contributed by atoms with van der Waals surface area (Å²) in [5.74, 6) is 1.00. The van der Waals surface area contributed by atoms with Crippen molar-refractivity contribution >= 4 is 23.2 Å². The first kappa shape index (κ1) is 13.3. The van der Waals surface area contributed by atoms with Crippen LogP contribution in [0.4, 0.5) is 0 Å². The van der Waals surface area contributed by atoms with Gasteiger partial charge in [0.2, 0.25) is 0 Å². The number of aromatic hydroxyl groups is 1. The number of rotatable bonds is 3. The normalized spacial score (nSPS) is 11.5. The minimum atomic E-state index is 0.260. The molecule has 0 saturated carbocycles. The van der Waals surface area contributed by atoms with Gasteiger partial charge in [0.1, 0.15) is 11.4 Å². The number of nitrogens with one attached hydrogen (secondary N) is 2. The van der Waals surface area contributed by atoms with Gasteiger partial charge in [0.25, 0.3) is 0 Å². The van der Waals surface area contributed by atoms with Crippen molar-refractivity contribution in [3.05, 3.63) is 65.9 Å². The van der Waals surface area contributed by atoms with Crippen molar-refractivity contribution in [2.45, 2.75) is 0 Å². The van der Waals surface area contributed by atoms with Crippen molar-refractivity contribution in [1.29, 1.82) is 0 Å². The number of hydrogen-bond acceptors (Lipinski definition) is 3. The Bertz CT molecular complexity index is 947. The molecule has 5 nitrogen and oxygen atoms in total. The Morgan fingerprint density at radius 2 is 1.78 bits per heavy atom. The van der Waals surface area contributed by atoms with E-state index in [0.717, 1.165) is 33.8 Å². The summed E-state index contributed by atoms with van der Waals surface area (Å²) in [4.78, 5) is 7.79. The highest BCUT2D eigenvalue weighted by molar-refractivity contribution is 5.79. The van der Waals surface area contributed by atoms with E-state index in [0.29, 0.717) is 0 Å². The Hall–Kier alpha value is -3.34. The van der Waals surface area contributed by atoms with Gasteiger partial charge in [-0.05, 0) is 42.0 Å². The van der Waals surface area contributed by atoms with E-state index >= 15 is 0 Å². The summed E-state index contributed by atoms with van der Waals surface area (Å²) in [5, 5.41) is 16.6. The SMILES string of the molecule is Oc1ccc(/C=C/c2cc(-c3nc4ccccc4[nH]3)n[nH]2)cc1. The quantitative estimate of drug-likeness (QED) is 0.538. The lowest BCUT2D eigenvalue weighted by molar-refractivity contribution is 0.475. The number of benzene rings is 2. The summed E-state index contributed by atoms with van der Waals surface area (Å²) in [5.41, 5.74) is 4.57. The zero-order valence-electron chi connectivity index (χ0n) is 12.2. The number of aromatic nitrogens is 4. The van der Waals surface area contributed by atoms with Gasteiger partial charge in [-0.3, -0.25) is 5.10 Å². The van der Waals surface area contributed by atoms with Crippen LogP contribution in [-0.4, -0.2) is 25.3 Å². The molecule has 0 fully saturated rings. The van der Waals surface area contributed by atoms with Crippen molar-refractivity contribution in [3.8, 4) is 17.3 Å². The molecule has 0 aliphatic rings. The molecular formula is C18H14N4O. The second-order valence-electron chi connectivity index (χ2n) is 5.24. The molecule has 0 bridgehead atoms. The number of H-pyrrole nitrogens is 2. The van der Waals surface area contributed by atoms with Crippen LogP contribution in [0.1, 0.15) is 11.3 Å². The fourth-order valence-corrected chi connectivity index (χ4v) is 2.39. The van der Waals surface area contributed by atoms with Crippen LogP contribution in [0.2, 0.25) is 0 Å². The fourth-order valence-electron chi connectivity index (χ4n) is 2.39. The number of nitrogens with zero attached hydrogens (tertiary/aromatic N) is 2. The Morgan fingerprint density at radius 1 is 0.957 bits per heavy atom. The Balaban J connectivity index is 1.59. The zero-order chi connectivity index (χ0) is 15.6. The maximum absolute atomic E-state index is 9.28. The van der Waals surface area contributed by atoms with Crippen LogP contribution < -0.4 is 0 Å². The average molecular weight is 302 g/mol. The summed E-state index contributed by atoms with van der Waals surface area (Å²) < 4.78 is 0. The molecule has 0 radical (unpaired) electrons. The number of hydrogen-bond donors (Lipinski definition) is 3. The molecule has 2 aromatic carbocycles. The number of fused-ring (bicyclic) bond motifs is 1. The first-order valence-corrected chi connectivity index (χ1v) is 7.25. The average Bonchev–Trinajstić information content (AvgIpc) is 3.21. The molecule has 112 valence electrons. The number of phenols is 1. The highest BCUT2D eigenvalue weighted by Gasteiger charge is 2.07. The molecule has 0 amide bonds. The zero-order valence-corrected chi connectivity index (χ0v) is 12.2. The van der Waals surface area contributed by atoms with Crippen LogP contribution in [0.3, 0.4) is 0 Å². The Kier molecular flexibility index (Phi) is 3.16. The summed E-state index contributed by atoms with van der Waals surface area (Å²) in [6, 6.07) is 16.8. The van der Waals surface area contributed by atoms with E-state index in [1.165, 1.54) is 0 Å². The molecule has 2 aromatic heterocycles. The summed E-state index contributed by atoms with van der Waals surface area (Å²) in [7, 11) is 0. The van der Waals surface area contributed by atoms with Crippen LogP contribution in [0.15, 0.2) is 54.6 Å². The van der Waals surface area contributed by atoms with Crippen molar-refractivity contribution in [2.24, 2.45) is 0 Å². The lowest BCUT2D eigenvalue weighted by atomic mass is 10.2. The standard InChI is InChI=1S/C18H14N4O/c23-14-9-6-12(7-10-14)5-8-13-11-17(22-21-13)18-19-15-3-1-2-4-16(15)20-18/h1-11,23H,(H,19,20)(H,21,22)/b8-5+. The van der Waals surface area contributed by atoms with Crippen LogP contribution in [0.5, 0.6) is 5.75 Å². The molecule has 23 heavy (non-hydrogen) atoms. The molecule has 0 saturated heterocycles. The van der Waals surface area contributed by atoms with Crippen LogP contribution >= 0.6 is 0 Å². The second kappa shape index (κ2) is 5.46. The van der Waals surface area contributed by atoms with E-state index in [9.17, 15) is 5.11 Å². The summed E-state index contributed by atoms with van der Waals surface area (Å²) in [6.07, 6.45) is 3.89. The Labute approximate surface area is 132 Å². The summed E-state index contributed by atoms with van der Waals surface area (Å²) >= 11 is 0. The van der Waals surface area contributed by atoms with Gasteiger partial charge in [-0.15, -0.1) is 0 Å². The van der Waals surface area contributed by atoms with Gasteiger partial charge in [0, 0.05) is 0 Å². The smallest absolute Gasteiger partial charge is 0.159 e. The van der Waals surface area contributed by atoms with E-state index in [1.807, 2.05) is 54.6 Å². The lowest BCUT2D eigenvalue weighted by Gasteiger charge is -1.93. The number of imidazole rings is 1. The highest BCUT2D eigenvalue weighted by atomic mass is 16.3. The predicted octanol–water partition coefficient (Wildman–Crippen LogP) is 3.83. The minimum Gasteiger partial charge on any atom is -0.508 e. The van der Waals surface area contributed by atoms with Crippen molar-refractivity contribution in [2.75, 3.05) is 0 Å². The molecule has 0 atom stereocenters. The third-order valence-corrected chi connectivity index (χ3v) is 3.58. The van der Waals surface area contributed by atoms with E-state index in [2.05, 4.69) is 20.2 Å². The van der Waals surface area contributed by atoms with Gasteiger partial charge in [0.05, 0.1) is 16.7 Å². The molecule has 0 spiro atoms.